The summed E-state index contributed by atoms with van der Waals surface area (Å²) in [6, 6.07) is 15.2. The van der Waals surface area contributed by atoms with E-state index in [1.54, 1.807) is 17.4 Å². The Hall–Kier alpha value is -3.04. The van der Waals surface area contributed by atoms with Gasteiger partial charge in [0.15, 0.2) is 5.13 Å². The minimum absolute atomic E-state index is 0.0985. The molecule has 0 bridgehead atoms. The second-order valence-electron chi connectivity index (χ2n) is 7.12. The highest BCUT2D eigenvalue weighted by atomic mass is 32.1. The van der Waals surface area contributed by atoms with Crippen LogP contribution in [0.15, 0.2) is 53.9 Å². The van der Waals surface area contributed by atoms with Gasteiger partial charge in [-0.15, -0.1) is 11.3 Å². The summed E-state index contributed by atoms with van der Waals surface area (Å²) in [6.07, 6.45) is 1.04. The van der Waals surface area contributed by atoms with Crippen molar-refractivity contribution < 1.29 is 4.92 Å². The quantitative estimate of drug-likeness (QED) is 0.298. The van der Waals surface area contributed by atoms with Gasteiger partial charge in [0.25, 0.3) is 0 Å². The summed E-state index contributed by atoms with van der Waals surface area (Å²) >= 11 is 1.63. The Morgan fingerprint density at radius 2 is 1.78 bits per heavy atom. The highest BCUT2D eigenvalue weighted by molar-refractivity contribution is 7.14. The van der Waals surface area contributed by atoms with E-state index in [0.29, 0.717) is 5.82 Å². The predicted molar refractivity (Wildman–Crippen MR) is 132 cm³/mol. The van der Waals surface area contributed by atoms with Crippen molar-refractivity contribution in [2.75, 3.05) is 49.5 Å². The molecule has 2 aromatic heterocycles. The van der Waals surface area contributed by atoms with E-state index in [-0.39, 0.29) is 5.82 Å². The lowest BCUT2D eigenvalue weighted by atomic mass is 10.2. The molecule has 1 fully saturated rings. The fourth-order valence-electron chi connectivity index (χ4n) is 3.48. The van der Waals surface area contributed by atoms with Crippen LogP contribution in [0.1, 0.15) is 20.3 Å². The molecule has 0 atom stereocenters. The van der Waals surface area contributed by atoms with Crippen LogP contribution in [0.3, 0.4) is 0 Å². The normalized spacial score (nSPS) is 13.9. The molecule has 0 aliphatic carbocycles. The Labute approximate surface area is 193 Å². The topological polar surface area (TPSA) is 87.4 Å². The summed E-state index contributed by atoms with van der Waals surface area (Å²) in [5, 5.41) is 17.4. The smallest absolute Gasteiger partial charge is 0.361 e. The van der Waals surface area contributed by atoms with Gasteiger partial charge in [0.2, 0.25) is 5.82 Å². The van der Waals surface area contributed by atoms with Gasteiger partial charge in [-0.25, -0.2) is 4.98 Å². The lowest BCUT2D eigenvalue weighted by Crippen LogP contribution is -2.47. The number of rotatable bonds is 8. The minimum atomic E-state index is -0.446. The highest BCUT2D eigenvalue weighted by Crippen LogP contribution is 2.24. The molecule has 1 N–H and O–H groups in total. The Morgan fingerprint density at radius 3 is 2.50 bits per heavy atom. The summed E-state index contributed by atoms with van der Waals surface area (Å²) in [4.78, 5) is 23.8. The van der Waals surface area contributed by atoms with E-state index in [9.17, 15) is 10.1 Å². The third-order valence-corrected chi connectivity index (χ3v) is 5.90. The number of anilines is 2. The maximum absolute atomic E-state index is 10.9. The molecule has 170 valence electrons. The number of benzene rings is 1. The molecule has 4 rings (SSSR count). The van der Waals surface area contributed by atoms with E-state index in [2.05, 4.69) is 42.6 Å². The number of thiazole rings is 1. The molecule has 1 aliphatic heterocycles. The lowest BCUT2D eigenvalue weighted by molar-refractivity contribution is -0.389. The monoisotopic (exact) mass is 454 g/mol. The van der Waals surface area contributed by atoms with E-state index in [1.807, 2.05) is 38.1 Å². The molecule has 8 nitrogen and oxygen atoms in total. The van der Waals surface area contributed by atoms with Crippen LogP contribution in [0.2, 0.25) is 0 Å². The Balaban J connectivity index is 0.00000141. The van der Waals surface area contributed by atoms with Gasteiger partial charge in [-0.1, -0.05) is 44.2 Å². The Morgan fingerprint density at radius 1 is 1.03 bits per heavy atom. The molecular formula is C23H30N6O2S. The maximum Gasteiger partial charge on any atom is 0.365 e. The highest BCUT2D eigenvalue weighted by Gasteiger charge is 2.21. The zero-order chi connectivity index (χ0) is 22.8. The van der Waals surface area contributed by atoms with E-state index >= 15 is 0 Å². The summed E-state index contributed by atoms with van der Waals surface area (Å²) in [6.45, 7) is 9.41. The van der Waals surface area contributed by atoms with E-state index in [4.69, 9.17) is 0 Å². The number of piperazine rings is 1. The first-order chi connectivity index (χ1) is 15.7. The van der Waals surface area contributed by atoms with Crippen LogP contribution in [0.25, 0.3) is 11.3 Å². The summed E-state index contributed by atoms with van der Waals surface area (Å²) in [5.74, 6) is 0.585. The van der Waals surface area contributed by atoms with Crippen molar-refractivity contribution in [2.24, 2.45) is 0 Å². The summed E-state index contributed by atoms with van der Waals surface area (Å²) in [5.41, 5.74) is 2.15. The molecule has 9 heteroatoms. The van der Waals surface area contributed by atoms with Crippen molar-refractivity contribution in [1.82, 2.24) is 14.9 Å². The molecule has 1 aliphatic rings. The average Bonchev–Trinajstić information content (AvgIpc) is 3.33. The van der Waals surface area contributed by atoms with E-state index in [1.165, 1.54) is 6.07 Å². The number of aromatic nitrogens is 2. The number of hydrogen-bond donors (Lipinski definition) is 1. The number of nitrogens with one attached hydrogen (secondary N) is 1. The lowest BCUT2D eigenvalue weighted by Gasteiger charge is -2.34. The first-order valence-electron chi connectivity index (χ1n) is 11.0. The SMILES string of the molecule is CC.O=[N+]([O-])c1cccc(N2CCN(CCCNc3nc(-c4ccccc4)cs3)CC2)n1. The van der Waals surface area contributed by atoms with Crippen molar-refractivity contribution in [2.45, 2.75) is 20.3 Å². The third kappa shape index (κ3) is 6.48. The van der Waals surface area contributed by atoms with Crippen LogP contribution in [0.4, 0.5) is 16.8 Å². The van der Waals surface area contributed by atoms with Gasteiger partial charge in [0.05, 0.1) is 5.69 Å². The molecule has 0 radical (unpaired) electrons. The predicted octanol–water partition coefficient (Wildman–Crippen LogP) is 4.76. The first kappa shape index (κ1) is 23.6. The summed E-state index contributed by atoms with van der Waals surface area (Å²) < 4.78 is 0. The number of hydrogen-bond acceptors (Lipinski definition) is 8. The van der Waals surface area contributed by atoms with Crippen LogP contribution < -0.4 is 10.2 Å². The second-order valence-corrected chi connectivity index (χ2v) is 7.98. The van der Waals surface area contributed by atoms with Crippen LogP contribution in [0.5, 0.6) is 0 Å². The fraction of sp³-hybridized carbons (Fsp3) is 0.391. The number of nitrogens with zero attached hydrogens (tertiary/aromatic N) is 5. The van der Waals surface area contributed by atoms with Crippen molar-refractivity contribution in [3.63, 3.8) is 0 Å². The molecule has 0 spiro atoms. The van der Waals surface area contributed by atoms with Crippen LogP contribution in [-0.4, -0.2) is 59.1 Å². The van der Waals surface area contributed by atoms with Gasteiger partial charge in [-0.2, -0.15) is 0 Å². The minimum Gasteiger partial charge on any atom is -0.361 e. The fourth-order valence-corrected chi connectivity index (χ4v) is 4.23. The maximum atomic E-state index is 10.9. The second kappa shape index (κ2) is 12.1. The third-order valence-electron chi connectivity index (χ3n) is 5.10. The van der Waals surface area contributed by atoms with Gasteiger partial charge in [0, 0.05) is 55.8 Å². The zero-order valence-electron chi connectivity index (χ0n) is 18.6. The van der Waals surface area contributed by atoms with Gasteiger partial charge in [-0.3, -0.25) is 4.90 Å². The Kier molecular flexibility index (Phi) is 8.94. The van der Waals surface area contributed by atoms with Crippen molar-refractivity contribution >= 4 is 28.1 Å². The molecule has 0 saturated carbocycles. The first-order valence-corrected chi connectivity index (χ1v) is 11.9. The molecule has 0 unspecified atom stereocenters. The van der Waals surface area contributed by atoms with Crippen molar-refractivity contribution in [1.29, 1.82) is 0 Å². The number of nitro groups is 1. The molecule has 1 saturated heterocycles. The molecule has 3 heterocycles. The molecular weight excluding hydrogens is 424 g/mol. The van der Waals surface area contributed by atoms with Gasteiger partial charge in [0.1, 0.15) is 0 Å². The molecule has 0 amide bonds. The summed E-state index contributed by atoms with van der Waals surface area (Å²) in [7, 11) is 0. The van der Waals surface area contributed by atoms with E-state index in [0.717, 1.165) is 62.1 Å². The van der Waals surface area contributed by atoms with Crippen LogP contribution >= 0.6 is 11.3 Å². The zero-order valence-corrected chi connectivity index (χ0v) is 19.4. The van der Waals surface area contributed by atoms with Crippen molar-refractivity contribution in [3.05, 3.63) is 64.0 Å². The van der Waals surface area contributed by atoms with E-state index < -0.39 is 4.92 Å². The van der Waals surface area contributed by atoms with Crippen molar-refractivity contribution in [3.8, 4) is 11.3 Å². The van der Waals surface area contributed by atoms with Gasteiger partial charge >= 0.3 is 5.82 Å². The van der Waals surface area contributed by atoms with Crippen LogP contribution in [-0.2, 0) is 0 Å². The number of pyridine rings is 1. The molecule has 1 aromatic carbocycles. The molecule has 32 heavy (non-hydrogen) atoms. The van der Waals surface area contributed by atoms with Gasteiger partial charge < -0.3 is 20.3 Å². The largest absolute Gasteiger partial charge is 0.365 e. The standard InChI is InChI=1S/C21H24N6O2S.C2H6/c28-27(29)20-9-4-8-19(24-20)26-14-12-25(13-15-26)11-5-10-22-21-23-18(16-30-21)17-6-2-1-3-7-17;1-2/h1-4,6-9,16H,5,10-15H2,(H,22,23);1-2H3. The Bertz CT molecular complexity index is 973. The van der Waals surface area contributed by atoms with Gasteiger partial charge in [-0.05, 0) is 28.9 Å². The average molecular weight is 455 g/mol. The molecule has 3 aromatic rings. The van der Waals surface area contributed by atoms with Crippen LogP contribution in [0, 0.1) is 10.1 Å².